The van der Waals surface area contributed by atoms with E-state index in [4.69, 9.17) is 14.5 Å². The van der Waals surface area contributed by atoms with Crippen LogP contribution in [0.4, 0.5) is 10.2 Å². The monoisotopic (exact) mass is 468 g/mol. The Morgan fingerprint density at radius 2 is 2.12 bits per heavy atom. The van der Waals surface area contributed by atoms with Crippen LogP contribution in [0.5, 0.6) is 5.75 Å². The van der Waals surface area contributed by atoms with Gasteiger partial charge in [-0.3, -0.25) is 9.69 Å². The SMILES string of the molecule is COc1ccc(F)cc1[C@H]1CCCN1c1ccn2ncc(C(=O)NCCN3CCOCC3)c2n1. The summed E-state index contributed by atoms with van der Waals surface area (Å²) in [7, 11) is 1.59. The van der Waals surface area contributed by atoms with E-state index in [-0.39, 0.29) is 17.8 Å². The van der Waals surface area contributed by atoms with Crippen molar-refractivity contribution in [1.29, 1.82) is 0 Å². The molecule has 0 saturated carbocycles. The number of fused-ring (bicyclic) bond motifs is 1. The Labute approximate surface area is 197 Å². The van der Waals surface area contributed by atoms with Crippen LogP contribution in [0.1, 0.15) is 34.8 Å². The van der Waals surface area contributed by atoms with Crippen LogP contribution in [0.15, 0.2) is 36.7 Å². The molecule has 1 N–H and O–H groups in total. The molecule has 3 aromatic rings. The molecule has 0 spiro atoms. The molecule has 1 atom stereocenters. The molecule has 1 amide bonds. The lowest BCUT2D eigenvalue weighted by Crippen LogP contribution is -2.41. The van der Waals surface area contributed by atoms with Crippen LogP contribution < -0.4 is 15.0 Å². The van der Waals surface area contributed by atoms with E-state index in [2.05, 4.69) is 20.2 Å². The van der Waals surface area contributed by atoms with Crippen molar-refractivity contribution in [3.63, 3.8) is 0 Å². The van der Waals surface area contributed by atoms with Crippen LogP contribution in [0, 0.1) is 5.82 Å². The van der Waals surface area contributed by atoms with E-state index >= 15 is 0 Å². The first-order valence-corrected chi connectivity index (χ1v) is 11.7. The van der Waals surface area contributed by atoms with E-state index in [1.165, 1.54) is 12.1 Å². The third-order valence-electron chi connectivity index (χ3n) is 6.51. The molecule has 4 heterocycles. The number of carbonyl (C=O) groups is 1. The maximum atomic E-state index is 14.0. The Hall–Kier alpha value is -3.24. The summed E-state index contributed by atoms with van der Waals surface area (Å²) in [5.74, 6) is 0.892. The minimum atomic E-state index is -0.294. The predicted molar refractivity (Wildman–Crippen MR) is 125 cm³/mol. The van der Waals surface area contributed by atoms with Crippen molar-refractivity contribution in [2.75, 3.05) is 57.9 Å². The maximum absolute atomic E-state index is 14.0. The van der Waals surface area contributed by atoms with Crippen LogP contribution in [0.3, 0.4) is 0 Å². The third-order valence-corrected chi connectivity index (χ3v) is 6.51. The average molecular weight is 469 g/mol. The standard InChI is InChI=1S/C24H29FN6O3/c1-33-21-5-4-17(25)15-18(21)20-3-2-8-30(20)22-6-9-31-23(28-22)19(16-27-31)24(32)26-7-10-29-11-13-34-14-12-29/h4-6,9,15-16,20H,2-3,7-8,10-14H2,1H3,(H,26,32)/t20-/m1/s1. The molecule has 0 bridgehead atoms. The fourth-order valence-electron chi connectivity index (χ4n) is 4.76. The Kier molecular flexibility index (Phi) is 6.59. The topological polar surface area (TPSA) is 84.2 Å². The van der Waals surface area contributed by atoms with Gasteiger partial charge in [0.05, 0.1) is 32.6 Å². The van der Waals surface area contributed by atoms with E-state index in [9.17, 15) is 9.18 Å². The summed E-state index contributed by atoms with van der Waals surface area (Å²) in [4.78, 5) is 22.1. The Balaban J connectivity index is 1.35. The summed E-state index contributed by atoms with van der Waals surface area (Å²) in [6.45, 7) is 5.32. The summed E-state index contributed by atoms with van der Waals surface area (Å²) in [6.07, 6.45) is 5.17. The molecule has 34 heavy (non-hydrogen) atoms. The summed E-state index contributed by atoms with van der Waals surface area (Å²) >= 11 is 0. The van der Waals surface area contributed by atoms with Crippen molar-refractivity contribution in [1.82, 2.24) is 24.8 Å². The van der Waals surface area contributed by atoms with Crippen LogP contribution in [0.2, 0.25) is 0 Å². The van der Waals surface area contributed by atoms with Gasteiger partial charge in [-0.15, -0.1) is 0 Å². The number of hydrogen-bond acceptors (Lipinski definition) is 7. The van der Waals surface area contributed by atoms with Crippen LogP contribution in [0.25, 0.3) is 5.65 Å². The number of halogens is 1. The molecule has 0 radical (unpaired) electrons. The van der Waals surface area contributed by atoms with Gasteiger partial charge in [-0.1, -0.05) is 0 Å². The number of hydrogen-bond donors (Lipinski definition) is 1. The van der Waals surface area contributed by atoms with Gasteiger partial charge < -0.3 is 19.7 Å². The van der Waals surface area contributed by atoms with E-state index in [0.717, 1.165) is 63.6 Å². The molecule has 2 aliphatic heterocycles. The molecule has 2 aliphatic rings. The van der Waals surface area contributed by atoms with Crippen molar-refractivity contribution in [3.05, 3.63) is 53.6 Å². The minimum absolute atomic E-state index is 0.0608. The van der Waals surface area contributed by atoms with E-state index in [1.54, 1.807) is 30.1 Å². The van der Waals surface area contributed by atoms with Gasteiger partial charge in [0, 0.05) is 44.5 Å². The molecule has 1 aromatic carbocycles. The molecule has 10 heteroatoms. The summed E-state index contributed by atoms with van der Waals surface area (Å²) in [6, 6.07) is 6.42. The van der Waals surface area contributed by atoms with Gasteiger partial charge in [0.1, 0.15) is 22.9 Å². The van der Waals surface area contributed by atoms with Crippen molar-refractivity contribution >= 4 is 17.4 Å². The minimum Gasteiger partial charge on any atom is -0.496 e. The van der Waals surface area contributed by atoms with Crippen LogP contribution >= 0.6 is 0 Å². The first-order chi connectivity index (χ1) is 16.6. The number of benzene rings is 1. The zero-order valence-corrected chi connectivity index (χ0v) is 19.2. The lowest BCUT2D eigenvalue weighted by molar-refractivity contribution is 0.0383. The van der Waals surface area contributed by atoms with Gasteiger partial charge >= 0.3 is 0 Å². The number of morpholine rings is 1. The van der Waals surface area contributed by atoms with Crippen LogP contribution in [-0.4, -0.2) is 78.5 Å². The van der Waals surface area contributed by atoms with Crippen molar-refractivity contribution in [3.8, 4) is 5.75 Å². The predicted octanol–water partition coefficient (Wildman–Crippen LogP) is 2.28. The van der Waals surface area contributed by atoms with Crippen molar-refractivity contribution in [2.24, 2.45) is 0 Å². The number of rotatable bonds is 7. The molecule has 0 unspecified atom stereocenters. The van der Waals surface area contributed by atoms with Gasteiger partial charge in [0.15, 0.2) is 5.65 Å². The third kappa shape index (κ3) is 4.55. The number of anilines is 1. The zero-order valence-electron chi connectivity index (χ0n) is 19.2. The molecule has 0 aliphatic carbocycles. The molecule has 5 rings (SSSR count). The van der Waals surface area contributed by atoms with Crippen LogP contribution in [-0.2, 0) is 4.74 Å². The van der Waals surface area contributed by atoms with Gasteiger partial charge in [0.2, 0.25) is 0 Å². The molecule has 2 fully saturated rings. The summed E-state index contributed by atoms with van der Waals surface area (Å²) < 4.78 is 26.5. The number of nitrogens with zero attached hydrogens (tertiary/aromatic N) is 5. The summed E-state index contributed by atoms with van der Waals surface area (Å²) in [5.41, 5.74) is 1.73. The molecule has 2 aromatic heterocycles. The van der Waals surface area contributed by atoms with Gasteiger partial charge in [0.25, 0.3) is 5.91 Å². The number of ether oxygens (including phenoxy) is 2. The Morgan fingerprint density at radius 1 is 1.26 bits per heavy atom. The second kappa shape index (κ2) is 9.94. The van der Waals surface area contributed by atoms with Crippen molar-refractivity contribution < 1.29 is 18.7 Å². The van der Waals surface area contributed by atoms with E-state index in [0.29, 0.717) is 23.5 Å². The first-order valence-electron chi connectivity index (χ1n) is 11.7. The first kappa shape index (κ1) is 22.5. The average Bonchev–Trinajstić information content (AvgIpc) is 3.51. The molecular formula is C24H29FN6O3. The Bertz CT molecular complexity index is 1160. The van der Waals surface area contributed by atoms with Gasteiger partial charge in [-0.25, -0.2) is 13.9 Å². The van der Waals surface area contributed by atoms with Gasteiger partial charge in [-0.05, 0) is 37.1 Å². The molecular weight excluding hydrogens is 439 g/mol. The highest BCUT2D eigenvalue weighted by molar-refractivity contribution is 5.99. The smallest absolute Gasteiger partial charge is 0.256 e. The zero-order chi connectivity index (χ0) is 23.5. The fourth-order valence-corrected chi connectivity index (χ4v) is 4.76. The quantitative estimate of drug-likeness (QED) is 0.570. The Morgan fingerprint density at radius 3 is 2.94 bits per heavy atom. The van der Waals surface area contributed by atoms with E-state index < -0.39 is 0 Å². The normalized spacial score (nSPS) is 19.0. The highest BCUT2D eigenvalue weighted by Gasteiger charge is 2.30. The van der Waals surface area contributed by atoms with Crippen molar-refractivity contribution in [2.45, 2.75) is 18.9 Å². The number of nitrogens with one attached hydrogen (secondary N) is 1. The second-order valence-corrected chi connectivity index (χ2v) is 8.56. The highest BCUT2D eigenvalue weighted by atomic mass is 19.1. The molecule has 9 nitrogen and oxygen atoms in total. The lowest BCUT2D eigenvalue weighted by atomic mass is 10.0. The highest BCUT2D eigenvalue weighted by Crippen LogP contribution is 2.39. The fraction of sp³-hybridized carbons (Fsp3) is 0.458. The summed E-state index contributed by atoms with van der Waals surface area (Å²) in [5, 5.41) is 7.28. The maximum Gasteiger partial charge on any atom is 0.256 e. The number of carbonyl (C=O) groups excluding carboxylic acids is 1. The lowest BCUT2D eigenvalue weighted by Gasteiger charge is -2.27. The molecule has 2 saturated heterocycles. The van der Waals surface area contributed by atoms with Gasteiger partial charge in [-0.2, -0.15) is 5.10 Å². The van der Waals surface area contributed by atoms with E-state index in [1.807, 2.05) is 6.07 Å². The number of amides is 1. The largest absolute Gasteiger partial charge is 0.496 e. The number of methoxy groups -OCH3 is 1. The second-order valence-electron chi connectivity index (χ2n) is 8.56. The molecule has 180 valence electrons. The number of aromatic nitrogens is 3.